The molecule has 19 heavy (non-hydrogen) atoms. The van der Waals surface area contributed by atoms with Crippen molar-refractivity contribution in [2.75, 3.05) is 0 Å². The van der Waals surface area contributed by atoms with E-state index in [0.29, 0.717) is 10.6 Å². The van der Waals surface area contributed by atoms with Gasteiger partial charge in [-0.15, -0.1) is 0 Å². The number of ketones is 1. The first kappa shape index (κ1) is 14.0. The van der Waals surface area contributed by atoms with Crippen LogP contribution in [0.3, 0.4) is 0 Å². The van der Waals surface area contributed by atoms with Crippen molar-refractivity contribution in [2.45, 2.75) is 13.5 Å². The normalized spacial score (nSPS) is 11.1. The molecule has 0 saturated carbocycles. The fourth-order valence-electron chi connectivity index (χ4n) is 1.65. The van der Waals surface area contributed by atoms with Gasteiger partial charge in [-0.05, 0) is 59.3 Å². The maximum Gasteiger partial charge on any atom is 0.185 e. The van der Waals surface area contributed by atoms with Gasteiger partial charge in [0.05, 0.1) is 16.4 Å². The first-order chi connectivity index (χ1) is 9.11. The Kier molecular flexibility index (Phi) is 4.56. The fraction of sp³-hybridized carbons (Fsp3) is 0.143. The van der Waals surface area contributed by atoms with E-state index in [1.54, 1.807) is 36.5 Å². The van der Waals surface area contributed by atoms with E-state index >= 15 is 0 Å². The summed E-state index contributed by atoms with van der Waals surface area (Å²) in [5, 5.41) is 4.80. The third-order valence-electron chi connectivity index (χ3n) is 2.65. The number of aryl methyl sites for hydroxylation is 1. The van der Waals surface area contributed by atoms with E-state index in [-0.39, 0.29) is 5.78 Å². The molecule has 0 aliphatic rings. The zero-order chi connectivity index (χ0) is 13.8. The Hall–Kier alpha value is -1.39. The highest BCUT2D eigenvalue weighted by Crippen LogP contribution is 2.18. The highest BCUT2D eigenvalue weighted by atomic mass is 79.9. The van der Waals surface area contributed by atoms with Crippen LogP contribution in [0.25, 0.3) is 6.08 Å². The number of hydrogen-bond donors (Lipinski definition) is 0. The molecule has 1 heterocycles. The molecule has 5 heteroatoms. The first-order valence-corrected chi connectivity index (χ1v) is 6.98. The highest BCUT2D eigenvalue weighted by molar-refractivity contribution is 9.10. The summed E-state index contributed by atoms with van der Waals surface area (Å²) in [6.45, 7) is 2.75. The van der Waals surface area contributed by atoms with E-state index in [0.717, 1.165) is 16.7 Å². The molecule has 1 aromatic heterocycles. The maximum absolute atomic E-state index is 12.0. The van der Waals surface area contributed by atoms with Gasteiger partial charge in [0.25, 0.3) is 0 Å². The minimum absolute atomic E-state index is 0.0626. The van der Waals surface area contributed by atoms with Crippen molar-refractivity contribution in [1.29, 1.82) is 0 Å². The quantitative estimate of drug-likeness (QED) is 0.617. The zero-order valence-corrected chi connectivity index (χ0v) is 12.6. The molecule has 0 aliphatic carbocycles. The van der Waals surface area contributed by atoms with Crippen molar-refractivity contribution in [3.63, 3.8) is 0 Å². The van der Waals surface area contributed by atoms with E-state index in [1.165, 1.54) is 6.08 Å². The smallest absolute Gasteiger partial charge is 0.185 e. The number of halogens is 2. The van der Waals surface area contributed by atoms with E-state index < -0.39 is 0 Å². The van der Waals surface area contributed by atoms with Crippen molar-refractivity contribution in [2.24, 2.45) is 0 Å². The number of aromatic nitrogens is 2. The van der Waals surface area contributed by atoms with Crippen molar-refractivity contribution in [3.8, 4) is 0 Å². The summed E-state index contributed by atoms with van der Waals surface area (Å²) >= 11 is 9.20. The van der Waals surface area contributed by atoms with Crippen LogP contribution in [-0.2, 0) is 6.54 Å². The van der Waals surface area contributed by atoms with Crippen molar-refractivity contribution < 1.29 is 4.79 Å². The van der Waals surface area contributed by atoms with Crippen molar-refractivity contribution >= 4 is 39.4 Å². The highest BCUT2D eigenvalue weighted by Gasteiger charge is 2.06. The monoisotopic (exact) mass is 338 g/mol. The molecule has 98 valence electrons. The number of carbonyl (C=O) groups excluding carboxylic acids is 1. The summed E-state index contributed by atoms with van der Waals surface area (Å²) in [6, 6.07) is 6.83. The predicted octanol–water partition coefficient (Wildman–Crippen LogP) is 4.22. The van der Waals surface area contributed by atoms with Crippen LogP contribution < -0.4 is 0 Å². The summed E-state index contributed by atoms with van der Waals surface area (Å²) < 4.78 is 2.69. The minimum atomic E-state index is -0.0626. The SMILES string of the molecule is CCn1ncc(Br)c1C=CC(=O)c1ccc(Cl)cc1. The second-order valence-electron chi connectivity index (χ2n) is 3.90. The molecule has 0 aliphatic heterocycles. The molecule has 0 saturated heterocycles. The molecule has 2 aromatic rings. The second kappa shape index (κ2) is 6.17. The van der Waals surface area contributed by atoms with Crippen LogP contribution in [0.15, 0.2) is 41.0 Å². The summed E-state index contributed by atoms with van der Waals surface area (Å²) in [5.41, 5.74) is 1.49. The van der Waals surface area contributed by atoms with Gasteiger partial charge in [0.1, 0.15) is 0 Å². The molecular formula is C14H12BrClN2O. The van der Waals surface area contributed by atoms with Crippen LogP contribution in [-0.4, -0.2) is 15.6 Å². The van der Waals surface area contributed by atoms with Crippen LogP contribution in [0.2, 0.25) is 5.02 Å². The van der Waals surface area contributed by atoms with Gasteiger partial charge in [-0.2, -0.15) is 5.10 Å². The van der Waals surface area contributed by atoms with Gasteiger partial charge in [-0.3, -0.25) is 9.48 Å². The lowest BCUT2D eigenvalue weighted by molar-refractivity contribution is 0.104. The molecule has 1 aromatic carbocycles. The Bertz CT molecular complexity index is 617. The van der Waals surface area contributed by atoms with Gasteiger partial charge in [-0.25, -0.2) is 0 Å². The van der Waals surface area contributed by atoms with E-state index in [4.69, 9.17) is 11.6 Å². The largest absolute Gasteiger partial charge is 0.289 e. The maximum atomic E-state index is 12.0. The zero-order valence-electron chi connectivity index (χ0n) is 10.3. The third-order valence-corrected chi connectivity index (χ3v) is 3.52. The summed E-state index contributed by atoms with van der Waals surface area (Å²) in [6.07, 6.45) is 5.02. The number of allylic oxidation sites excluding steroid dienone is 1. The molecule has 0 bridgehead atoms. The third kappa shape index (κ3) is 3.33. The number of benzene rings is 1. The number of rotatable bonds is 4. The average Bonchev–Trinajstić information content (AvgIpc) is 2.77. The molecule has 0 fully saturated rings. The van der Waals surface area contributed by atoms with Gasteiger partial charge in [0.15, 0.2) is 5.78 Å². The molecule has 3 nitrogen and oxygen atoms in total. The van der Waals surface area contributed by atoms with E-state index in [9.17, 15) is 4.79 Å². The van der Waals surface area contributed by atoms with E-state index in [1.807, 2.05) is 11.6 Å². The van der Waals surface area contributed by atoms with Gasteiger partial charge in [0, 0.05) is 17.1 Å². The summed E-state index contributed by atoms with van der Waals surface area (Å²) in [4.78, 5) is 12.0. The average molecular weight is 340 g/mol. The Morgan fingerprint density at radius 3 is 2.74 bits per heavy atom. The molecule has 2 rings (SSSR count). The Morgan fingerprint density at radius 1 is 1.42 bits per heavy atom. The first-order valence-electron chi connectivity index (χ1n) is 5.81. The van der Waals surface area contributed by atoms with Crippen LogP contribution in [0, 0.1) is 0 Å². The van der Waals surface area contributed by atoms with Crippen LogP contribution in [0.1, 0.15) is 23.0 Å². The summed E-state index contributed by atoms with van der Waals surface area (Å²) in [5.74, 6) is -0.0626. The Morgan fingerprint density at radius 2 is 2.11 bits per heavy atom. The van der Waals surface area contributed by atoms with Crippen LogP contribution in [0.4, 0.5) is 0 Å². The molecule has 0 radical (unpaired) electrons. The molecular weight excluding hydrogens is 328 g/mol. The topological polar surface area (TPSA) is 34.9 Å². The van der Waals surface area contributed by atoms with E-state index in [2.05, 4.69) is 21.0 Å². The number of hydrogen-bond acceptors (Lipinski definition) is 2. The van der Waals surface area contributed by atoms with Crippen LogP contribution >= 0.6 is 27.5 Å². The minimum Gasteiger partial charge on any atom is -0.289 e. The van der Waals surface area contributed by atoms with Gasteiger partial charge < -0.3 is 0 Å². The molecule has 0 unspecified atom stereocenters. The lowest BCUT2D eigenvalue weighted by atomic mass is 10.1. The van der Waals surface area contributed by atoms with Gasteiger partial charge >= 0.3 is 0 Å². The van der Waals surface area contributed by atoms with Crippen molar-refractivity contribution in [3.05, 3.63) is 57.3 Å². The lowest BCUT2D eigenvalue weighted by Gasteiger charge is -2.00. The number of nitrogens with zero attached hydrogens (tertiary/aromatic N) is 2. The lowest BCUT2D eigenvalue weighted by Crippen LogP contribution is -1.99. The number of carbonyl (C=O) groups is 1. The summed E-state index contributed by atoms with van der Waals surface area (Å²) in [7, 11) is 0. The Balaban J connectivity index is 2.20. The fourth-order valence-corrected chi connectivity index (χ4v) is 2.21. The molecule has 0 spiro atoms. The van der Waals surface area contributed by atoms with Crippen LogP contribution in [0.5, 0.6) is 0 Å². The van der Waals surface area contributed by atoms with Gasteiger partial charge in [-0.1, -0.05) is 11.6 Å². The predicted molar refractivity (Wildman–Crippen MR) is 80.4 cm³/mol. The standard InChI is InChI=1S/C14H12BrClN2O/c1-2-18-13(12(15)9-17-18)7-8-14(19)10-3-5-11(16)6-4-10/h3-9H,2H2,1H3. The molecule has 0 N–H and O–H groups in total. The van der Waals surface area contributed by atoms with Gasteiger partial charge in [0.2, 0.25) is 0 Å². The molecule has 0 amide bonds. The van der Waals surface area contributed by atoms with Crippen molar-refractivity contribution in [1.82, 2.24) is 9.78 Å². The molecule has 0 atom stereocenters. The Labute approximate surface area is 125 Å². The second-order valence-corrected chi connectivity index (χ2v) is 5.19.